The molecule has 0 atom stereocenters. The minimum Gasteiger partial charge on any atom is -0.399 e. The first kappa shape index (κ1) is 13.6. The van der Waals surface area contributed by atoms with Gasteiger partial charge in [-0.15, -0.1) is 0 Å². The zero-order chi connectivity index (χ0) is 14.0. The number of aryl methyl sites for hydroxylation is 1. The lowest BCUT2D eigenvalue weighted by Crippen LogP contribution is -2.26. The molecule has 1 heterocycles. The van der Waals surface area contributed by atoms with E-state index in [1.165, 1.54) is 23.5 Å². The molecule has 0 unspecified atom stereocenters. The highest BCUT2D eigenvalue weighted by molar-refractivity contribution is 7.89. The van der Waals surface area contributed by atoms with Gasteiger partial charge in [0.1, 0.15) is 0 Å². The molecule has 0 aliphatic rings. The number of hydrogen-bond donors (Lipinski definition) is 1. The predicted molar refractivity (Wildman–Crippen MR) is 72.7 cm³/mol. The molecular weight excluding hydrogens is 264 g/mol. The quantitative estimate of drug-likeness (QED) is 0.841. The van der Waals surface area contributed by atoms with Gasteiger partial charge >= 0.3 is 0 Å². The molecule has 2 aromatic rings. The smallest absolute Gasteiger partial charge is 0.243 e. The summed E-state index contributed by atoms with van der Waals surface area (Å²) in [5.74, 6) is 0. The molecule has 1 aromatic heterocycles. The van der Waals surface area contributed by atoms with Gasteiger partial charge in [-0.3, -0.25) is 4.68 Å². The second kappa shape index (κ2) is 5.02. The van der Waals surface area contributed by atoms with Crippen LogP contribution in [0.5, 0.6) is 0 Å². The first-order valence-electron chi connectivity index (χ1n) is 5.69. The van der Waals surface area contributed by atoms with Gasteiger partial charge in [-0.25, -0.2) is 8.42 Å². The lowest BCUT2D eigenvalue weighted by Gasteiger charge is -2.16. The Bertz CT molecular complexity index is 679. The van der Waals surface area contributed by atoms with Crippen LogP contribution in [-0.2, 0) is 23.6 Å². The lowest BCUT2D eigenvalue weighted by atomic mass is 10.3. The molecule has 0 fully saturated rings. The van der Waals surface area contributed by atoms with Crippen LogP contribution in [0.1, 0.15) is 5.56 Å². The molecule has 7 heteroatoms. The van der Waals surface area contributed by atoms with Crippen LogP contribution in [0.4, 0.5) is 5.69 Å². The minimum absolute atomic E-state index is 0.193. The molecule has 102 valence electrons. The van der Waals surface area contributed by atoms with Crippen molar-refractivity contribution in [3.05, 3.63) is 42.2 Å². The van der Waals surface area contributed by atoms with E-state index in [2.05, 4.69) is 5.10 Å². The highest BCUT2D eigenvalue weighted by atomic mass is 32.2. The molecule has 0 aliphatic heterocycles. The minimum atomic E-state index is -3.53. The lowest BCUT2D eigenvalue weighted by molar-refractivity contribution is 0.466. The molecule has 19 heavy (non-hydrogen) atoms. The average Bonchev–Trinajstić information content (AvgIpc) is 2.74. The van der Waals surface area contributed by atoms with E-state index in [0.29, 0.717) is 5.69 Å². The van der Waals surface area contributed by atoms with Crippen LogP contribution in [0, 0.1) is 0 Å². The summed E-state index contributed by atoms with van der Waals surface area (Å²) >= 11 is 0. The molecule has 0 radical (unpaired) electrons. The van der Waals surface area contributed by atoms with Gasteiger partial charge in [-0.2, -0.15) is 9.40 Å². The highest BCUT2D eigenvalue weighted by Crippen LogP contribution is 2.18. The third-order valence-corrected chi connectivity index (χ3v) is 4.53. The molecule has 0 spiro atoms. The van der Waals surface area contributed by atoms with E-state index < -0.39 is 10.0 Å². The fourth-order valence-corrected chi connectivity index (χ4v) is 2.97. The Morgan fingerprint density at radius 3 is 2.74 bits per heavy atom. The number of nitrogen functional groups attached to an aromatic ring is 1. The summed E-state index contributed by atoms with van der Waals surface area (Å²) in [7, 11) is -0.213. The van der Waals surface area contributed by atoms with Gasteiger partial charge in [-0.05, 0) is 18.2 Å². The number of anilines is 1. The van der Waals surface area contributed by atoms with Crippen molar-refractivity contribution in [2.24, 2.45) is 7.05 Å². The van der Waals surface area contributed by atoms with Crippen LogP contribution in [0.15, 0.2) is 41.6 Å². The van der Waals surface area contributed by atoms with Gasteiger partial charge in [0.2, 0.25) is 10.0 Å². The van der Waals surface area contributed by atoms with Crippen LogP contribution in [0.25, 0.3) is 0 Å². The highest BCUT2D eigenvalue weighted by Gasteiger charge is 2.21. The molecule has 0 saturated carbocycles. The number of rotatable bonds is 4. The van der Waals surface area contributed by atoms with E-state index in [1.807, 2.05) is 0 Å². The fraction of sp³-hybridized carbons (Fsp3) is 0.250. The van der Waals surface area contributed by atoms with Crippen LogP contribution >= 0.6 is 0 Å². The molecule has 0 bridgehead atoms. The molecule has 2 rings (SSSR count). The van der Waals surface area contributed by atoms with Gasteiger partial charge in [0, 0.05) is 38.1 Å². The second-order valence-electron chi connectivity index (χ2n) is 4.36. The van der Waals surface area contributed by atoms with Crippen LogP contribution < -0.4 is 5.73 Å². The maximum absolute atomic E-state index is 12.3. The molecule has 0 amide bonds. The van der Waals surface area contributed by atoms with Crippen molar-refractivity contribution in [2.75, 3.05) is 12.8 Å². The van der Waals surface area contributed by atoms with Crippen molar-refractivity contribution in [3.8, 4) is 0 Å². The van der Waals surface area contributed by atoms with Gasteiger partial charge in [0.25, 0.3) is 0 Å². The van der Waals surface area contributed by atoms with E-state index in [0.717, 1.165) is 5.56 Å². The topological polar surface area (TPSA) is 81.2 Å². The standard InChI is InChI=1S/C12H16N4O2S/c1-15-8-10(7-14-15)9-16(2)19(17,18)12-5-3-4-11(13)6-12/h3-8H,9,13H2,1-2H3. The summed E-state index contributed by atoms with van der Waals surface area (Å²) in [5, 5.41) is 4.01. The van der Waals surface area contributed by atoms with E-state index in [9.17, 15) is 8.42 Å². The molecular formula is C12H16N4O2S. The third-order valence-electron chi connectivity index (χ3n) is 2.73. The van der Waals surface area contributed by atoms with Gasteiger partial charge in [0.05, 0.1) is 11.1 Å². The normalized spacial score (nSPS) is 11.9. The number of sulfonamides is 1. The van der Waals surface area contributed by atoms with E-state index in [4.69, 9.17) is 5.73 Å². The van der Waals surface area contributed by atoms with Crippen molar-refractivity contribution in [2.45, 2.75) is 11.4 Å². The Balaban J connectivity index is 2.24. The molecule has 0 saturated heterocycles. The SMILES string of the molecule is CN(Cc1cnn(C)c1)S(=O)(=O)c1cccc(N)c1. The van der Waals surface area contributed by atoms with Crippen molar-refractivity contribution >= 4 is 15.7 Å². The zero-order valence-electron chi connectivity index (χ0n) is 10.8. The van der Waals surface area contributed by atoms with Gasteiger partial charge in [0.15, 0.2) is 0 Å². The number of nitrogens with zero attached hydrogens (tertiary/aromatic N) is 3. The fourth-order valence-electron chi connectivity index (χ4n) is 1.75. The largest absolute Gasteiger partial charge is 0.399 e. The van der Waals surface area contributed by atoms with E-state index in [-0.39, 0.29) is 11.4 Å². The Morgan fingerprint density at radius 1 is 1.42 bits per heavy atom. The summed E-state index contributed by atoms with van der Waals surface area (Å²) < 4.78 is 27.6. The number of benzene rings is 1. The first-order valence-corrected chi connectivity index (χ1v) is 7.13. The second-order valence-corrected chi connectivity index (χ2v) is 6.40. The predicted octanol–water partition coefficient (Wildman–Crippen LogP) is 0.823. The Labute approximate surface area is 112 Å². The van der Waals surface area contributed by atoms with Gasteiger partial charge < -0.3 is 5.73 Å². The number of aromatic nitrogens is 2. The first-order chi connectivity index (χ1) is 8.89. The van der Waals surface area contributed by atoms with Crippen molar-refractivity contribution in [3.63, 3.8) is 0 Å². The Kier molecular flexibility index (Phi) is 3.59. The average molecular weight is 280 g/mol. The number of hydrogen-bond acceptors (Lipinski definition) is 4. The summed E-state index contributed by atoms with van der Waals surface area (Å²) in [6.45, 7) is 0.269. The van der Waals surface area contributed by atoms with Crippen molar-refractivity contribution < 1.29 is 8.42 Å². The monoisotopic (exact) mass is 280 g/mol. The summed E-state index contributed by atoms with van der Waals surface area (Å²) in [4.78, 5) is 0.193. The van der Waals surface area contributed by atoms with Crippen LogP contribution in [-0.4, -0.2) is 29.6 Å². The molecule has 1 aromatic carbocycles. The van der Waals surface area contributed by atoms with Gasteiger partial charge in [-0.1, -0.05) is 6.07 Å². The molecule has 0 aliphatic carbocycles. The summed E-state index contributed by atoms with van der Waals surface area (Å²) in [6.07, 6.45) is 3.43. The van der Waals surface area contributed by atoms with E-state index >= 15 is 0 Å². The molecule has 2 N–H and O–H groups in total. The van der Waals surface area contributed by atoms with Crippen LogP contribution in [0.2, 0.25) is 0 Å². The summed E-state index contributed by atoms with van der Waals surface area (Å²) in [6, 6.07) is 6.26. The number of nitrogens with two attached hydrogens (primary N) is 1. The Morgan fingerprint density at radius 2 is 2.16 bits per heavy atom. The molecule has 6 nitrogen and oxygen atoms in total. The Hall–Kier alpha value is -1.86. The van der Waals surface area contributed by atoms with E-state index in [1.54, 1.807) is 36.3 Å². The zero-order valence-corrected chi connectivity index (χ0v) is 11.6. The maximum Gasteiger partial charge on any atom is 0.243 e. The van der Waals surface area contributed by atoms with Crippen molar-refractivity contribution in [1.29, 1.82) is 0 Å². The van der Waals surface area contributed by atoms with Crippen LogP contribution in [0.3, 0.4) is 0 Å². The van der Waals surface area contributed by atoms with Crippen molar-refractivity contribution in [1.82, 2.24) is 14.1 Å². The summed E-state index contributed by atoms with van der Waals surface area (Å²) in [5.41, 5.74) is 6.87. The third kappa shape index (κ3) is 2.94. The maximum atomic E-state index is 12.3.